The number of halogens is 2. The molecule has 4 N–H and O–H groups in total. The van der Waals surface area contributed by atoms with E-state index >= 15 is 4.39 Å². The van der Waals surface area contributed by atoms with E-state index in [1.807, 2.05) is 13.0 Å². The van der Waals surface area contributed by atoms with Gasteiger partial charge >= 0.3 is 0 Å². The lowest BCUT2D eigenvalue weighted by Crippen LogP contribution is -2.28. The minimum absolute atomic E-state index is 0.179. The summed E-state index contributed by atoms with van der Waals surface area (Å²) in [6, 6.07) is 3.17. The molecule has 0 amide bonds. The van der Waals surface area contributed by atoms with Gasteiger partial charge in [0.15, 0.2) is 17.5 Å². The van der Waals surface area contributed by atoms with Crippen LogP contribution in [0, 0.1) is 24.5 Å². The van der Waals surface area contributed by atoms with Crippen LogP contribution in [0.2, 0.25) is 0 Å². The lowest BCUT2D eigenvalue weighted by molar-refractivity contribution is 0.585. The van der Waals surface area contributed by atoms with Gasteiger partial charge in [0, 0.05) is 59.6 Å². The SMILES string of the molecule is C=C(/C(C=NC)=C/N)/C(=C(\N=C(/C)N(C)c1c(F)cc(SC)c(P)c1F)Nc1cc(C)[nH]n1)C1CC1. The lowest BCUT2D eigenvalue weighted by Gasteiger charge is -2.23. The van der Waals surface area contributed by atoms with E-state index in [4.69, 9.17) is 10.7 Å². The van der Waals surface area contributed by atoms with Gasteiger partial charge < -0.3 is 16.0 Å². The largest absolute Gasteiger partial charge is 0.404 e. The molecule has 1 fully saturated rings. The molecular formula is C25H32F2N7PS. The number of thioether (sulfide) groups is 1. The predicted molar refractivity (Wildman–Crippen MR) is 152 cm³/mol. The third kappa shape index (κ3) is 6.05. The van der Waals surface area contributed by atoms with Gasteiger partial charge in [-0.15, -0.1) is 21.0 Å². The van der Waals surface area contributed by atoms with Crippen LogP contribution in [-0.4, -0.2) is 42.6 Å². The average molecular weight is 532 g/mol. The predicted octanol–water partition coefficient (Wildman–Crippen LogP) is 4.91. The van der Waals surface area contributed by atoms with Crippen LogP contribution >= 0.6 is 21.0 Å². The number of nitrogens with zero attached hydrogens (tertiary/aromatic N) is 4. The van der Waals surface area contributed by atoms with Gasteiger partial charge in [-0.05, 0) is 50.5 Å². The molecule has 1 aliphatic carbocycles. The normalized spacial score (nSPS) is 15.3. The summed E-state index contributed by atoms with van der Waals surface area (Å²) in [5.41, 5.74) is 8.74. The van der Waals surface area contributed by atoms with Crippen molar-refractivity contribution in [2.24, 2.45) is 21.6 Å². The highest BCUT2D eigenvalue weighted by molar-refractivity contribution is 7.99. The summed E-state index contributed by atoms with van der Waals surface area (Å²) >= 11 is 1.28. The Hall–Kier alpha value is -2.97. The molecule has 11 heteroatoms. The van der Waals surface area contributed by atoms with Crippen molar-refractivity contribution in [3.8, 4) is 0 Å². The van der Waals surface area contributed by atoms with E-state index in [1.54, 1.807) is 33.5 Å². The number of nitrogens with one attached hydrogen (secondary N) is 2. The van der Waals surface area contributed by atoms with Gasteiger partial charge in [0.25, 0.3) is 0 Å². The number of hydrogen-bond donors (Lipinski definition) is 3. The fraction of sp³-hybridized carbons (Fsp3) is 0.320. The number of aromatic nitrogens is 2. The topological polar surface area (TPSA) is 94.7 Å². The summed E-state index contributed by atoms with van der Waals surface area (Å²) in [5.74, 6) is 0.300. The van der Waals surface area contributed by atoms with Crippen LogP contribution in [0.3, 0.4) is 0 Å². The summed E-state index contributed by atoms with van der Waals surface area (Å²) < 4.78 is 30.2. The minimum atomic E-state index is -0.666. The number of benzene rings is 1. The van der Waals surface area contributed by atoms with Crippen LogP contribution in [0.15, 0.2) is 62.3 Å². The molecule has 1 aliphatic rings. The number of aliphatic imine (C=N–C) groups is 2. The Morgan fingerprint density at radius 2 is 2.08 bits per heavy atom. The Morgan fingerprint density at radius 3 is 2.61 bits per heavy atom. The monoisotopic (exact) mass is 531 g/mol. The van der Waals surface area contributed by atoms with Crippen molar-refractivity contribution in [1.29, 1.82) is 0 Å². The van der Waals surface area contributed by atoms with Gasteiger partial charge in [0.2, 0.25) is 0 Å². The molecule has 0 spiro atoms. The quantitative estimate of drug-likeness (QED) is 0.141. The van der Waals surface area contributed by atoms with Gasteiger partial charge in [0.05, 0.1) is 0 Å². The molecule has 192 valence electrons. The second-order valence-electron chi connectivity index (χ2n) is 8.44. The molecule has 1 aromatic heterocycles. The molecule has 1 aromatic carbocycles. The Bertz CT molecular complexity index is 1280. The molecule has 36 heavy (non-hydrogen) atoms. The van der Waals surface area contributed by atoms with Gasteiger partial charge in [-0.2, -0.15) is 5.10 Å². The maximum Gasteiger partial charge on any atom is 0.158 e. The third-order valence-corrected chi connectivity index (χ3v) is 7.37. The number of amidine groups is 1. The number of anilines is 2. The smallest absolute Gasteiger partial charge is 0.158 e. The van der Waals surface area contributed by atoms with Crippen LogP contribution in [0.25, 0.3) is 0 Å². The highest BCUT2D eigenvalue weighted by atomic mass is 32.2. The van der Waals surface area contributed by atoms with Crippen LogP contribution < -0.4 is 21.3 Å². The number of aromatic amines is 1. The summed E-state index contributed by atoms with van der Waals surface area (Å²) in [7, 11) is 5.60. The van der Waals surface area contributed by atoms with Crippen molar-refractivity contribution in [3.63, 3.8) is 0 Å². The number of H-pyrrole nitrogens is 1. The highest BCUT2D eigenvalue weighted by Gasteiger charge is 2.32. The first kappa shape index (κ1) is 27.6. The molecule has 1 unspecified atom stereocenters. The van der Waals surface area contributed by atoms with E-state index < -0.39 is 11.6 Å². The van der Waals surface area contributed by atoms with Crippen LogP contribution in [0.5, 0.6) is 0 Å². The molecule has 7 nitrogen and oxygen atoms in total. The zero-order chi connectivity index (χ0) is 26.6. The van der Waals surface area contributed by atoms with Crippen molar-refractivity contribution in [2.75, 3.05) is 30.6 Å². The van der Waals surface area contributed by atoms with E-state index in [1.165, 1.54) is 28.9 Å². The minimum Gasteiger partial charge on any atom is -0.404 e. The van der Waals surface area contributed by atoms with E-state index in [-0.39, 0.29) is 11.6 Å². The van der Waals surface area contributed by atoms with Gasteiger partial charge in [-0.3, -0.25) is 10.1 Å². The van der Waals surface area contributed by atoms with Crippen molar-refractivity contribution in [3.05, 3.63) is 64.8 Å². The number of nitrogens with two attached hydrogens (primary N) is 1. The molecular weight excluding hydrogens is 499 g/mol. The molecule has 1 atom stereocenters. The van der Waals surface area contributed by atoms with Crippen LogP contribution in [-0.2, 0) is 0 Å². The second kappa shape index (κ2) is 11.8. The Balaban J connectivity index is 2.15. The average Bonchev–Trinajstić information content (AvgIpc) is 3.59. The first-order valence-corrected chi connectivity index (χ1v) is 13.1. The number of rotatable bonds is 9. The third-order valence-electron chi connectivity index (χ3n) is 5.82. The summed E-state index contributed by atoms with van der Waals surface area (Å²) in [4.78, 5) is 10.8. The summed E-state index contributed by atoms with van der Waals surface area (Å²) in [6.07, 6.45) is 6.79. The zero-order valence-electron chi connectivity index (χ0n) is 21.1. The molecule has 0 saturated heterocycles. The first-order valence-electron chi connectivity index (χ1n) is 11.3. The van der Waals surface area contributed by atoms with Crippen LogP contribution in [0.4, 0.5) is 20.3 Å². The maximum absolute atomic E-state index is 15.2. The van der Waals surface area contributed by atoms with Crippen molar-refractivity contribution in [2.45, 2.75) is 31.6 Å². The molecule has 0 radical (unpaired) electrons. The number of allylic oxidation sites excluding steroid dienone is 3. The molecule has 1 heterocycles. The van der Waals surface area contributed by atoms with E-state index in [0.29, 0.717) is 38.8 Å². The Morgan fingerprint density at radius 1 is 1.39 bits per heavy atom. The Labute approximate surface area is 217 Å². The molecule has 3 rings (SSSR count). The van der Waals surface area contributed by atoms with Crippen molar-refractivity contribution in [1.82, 2.24) is 10.2 Å². The highest BCUT2D eigenvalue weighted by Crippen LogP contribution is 2.43. The van der Waals surface area contributed by atoms with E-state index in [9.17, 15) is 4.39 Å². The first-order chi connectivity index (χ1) is 17.1. The van der Waals surface area contributed by atoms with E-state index in [2.05, 4.69) is 36.3 Å². The van der Waals surface area contributed by atoms with Crippen molar-refractivity contribution >= 4 is 49.9 Å². The van der Waals surface area contributed by atoms with Gasteiger partial charge in [-0.25, -0.2) is 13.8 Å². The Kier molecular flexibility index (Phi) is 9.08. The zero-order valence-corrected chi connectivity index (χ0v) is 23.1. The summed E-state index contributed by atoms with van der Waals surface area (Å²) in [5, 5.41) is 10.8. The number of aryl methyl sites for hydroxylation is 1. The lowest BCUT2D eigenvalue weighted by atomic mass is 9.96. The maximum atomic E-state index is 15.2. The van der Waals surface area contributed by atoms with Gasteiger partial charge in [-0.1, -0.05) is 6.58 Å². The molecule has 1 saturated carbocycles. The number of hydrogen-bond acceptors (Lipinski definition) is 6. The summed E-state index contributed by atoms with van der Waals surface area (Å²) in [6.45, 7) is 7.86. The van der Waals surface area contributed by atoms with Gasteiger partial charge in [0.1, 0.15) is 17.3 Å². The fourth-order valence-electron chi connectivity index (χ4n) is 3.71. The standard InChI is InChI=1S/C25H32F2N7PS/c1-13-9-20(33-32-13)31-25(21(16-7-8-16)14(2)17(11-28)12-29-4)30-15(3)34(5)23-18(26)10-19(36-6)24(35)22(23)27/h9-12,16H,2,7-8,28,35H2,1,3-6H3,(H2,31,32,33)/b17-11+,25-21-,29-12?,30-15+. The van der Waals surface area contributed by atoms with Crippen molar-refractivity contribution < 1.29 is 8.78 Å². The van der Waals surface area contributed by atoms with Crippen LogP contribution in [0.1, 0.15) is 25.5 Å². The second-order valence-corrected chi connectivity index (χ2v) is 9.87. The molecule has 2 aromatic rings. The molecule has 0 bridgehead atoms. The molecule has 0 aliphatic heterocycles. The van der Waals surface area contributed by atoms with E-state index in [0.717, 1.165) is 24.1 Å². The fourth-order valence-corrected chi connectivity index (χ4v) is 4.81.